The van der Waals surface area contributed by atoms with Gasteiger partial charge in [0, 0.05) is 2.74 Å². The van der Waals surface area contributed by atoms with Crippen LogP contribution in [0.4, 0.5) is 0 Å². The van der Waals surface area contributed by atoms with Gasteiger partial charge in [0.2, 0.25) is 0 Å². The maximum atomic E-state index is 6.76. The summed E-state index contributed by atoms with van der Waals surface area (Å²) in [6, 6.07) is 0. The Balaban J connectivity index is 2.36. The SMILES string of the molecule is [2H]C([2H])(Cl)C1CO1. The molecule has 1 fully saturated rings. The largest absolute Gasteiger partial charge is 0.372 e. The van der Waals surface area contributed by atoms with Crippen molar-refractivity contribution in [2.45, 2.75) is 6.10 Å². The minimum Gasteiger partial charge on any atom is -0.372 e. The number of hydrogen-bond donors (Lipinski definition) is 0. The van der Waals surface area contributed by atoms with Crippen LogP contribution < -0.4 is 0 Å². The maximum Gasteiger partial charge on any atom is 0.0944 e. The van der Waals surface area contributed by atoms with Crippen molar-refractivity contribution < 1.29 is 7.48 Å². The van der Waals surface area contributed by atoms with E-state index in [1.165, 1.54) is 0 Å². The van der Waals surface area contributed by atoms with Gasteiger partial charge in [-0.25, -0.2) is 0 Å². The number of hydrogen-bond acceptors (Lipinski definition) is 1. The highest BCUT2D eigenvalue weighted by Gasteiger charge is 2.19. The normalized spacial score (nSPS) is 43.0. The van der Waals surface area contributed by atoms with Crippen molar-refractivity contribution in [2.75, 3.05) is 12.4 Å². The Bertz CT molecular complexity index is 75.5. The second kappa shape index (κ2) is 1.15. The molecule has 1 heterocycles. The fourth-order valence-corrected chi connectivity index (χ4v) is 0.237. The molecule has 0 amide bonds. The molecule has 0 spiro atoms. The Hall–Kier alpha value is 0.250. The van der Waals surface area contributed by atoms with Crippen LogP contribution in [0, 0.1) is 0 Å². The molecule has 1 nitrogen and oxygen atoms in total. The van der Waals surface area contributed by atoms with Gasteiger partial charge in [0.05, 0.1) is 18.5 Å². The second-order valence-electron chi connectivity index (χ2n) is 0.931. The molecule has 1 unspecified atom stereocenters. The third-order valence-electron chi connectivity index (χ3n) is 0.455. The molecule has 1 rings (SSSR count). The van der Waals surface area contributed by atoms with Crippen molar-refractivity contribution in [3.8, 4) is 0 Å². The summed E-state index contributed by atoms with van der Waals surface area (Å²) in [5.41, 5.74) is 0. The van der Waals surface area contributed by atoms with Crippen LogP contribution in [0.25, 0.3) is 0 Å². The van der Waals surface area contributed by atoms with E-state index in [1.54, 1.807) is 0 Å². The fraction of sp³-hybridized carbons (Fsp3) is 1.00. The van der Waals surface area contributed by atoms with E-state index in [9.17, 15) is 0 Å². The van der Waals surface area contributed by atoms with Gasteiger partial charge < -0.3 is 4.74 Å². The standard InChI is InChI=1S/C3H5ClO/c4-1-3-2-5-3/h3H,1-2H2/i1D2. The van der Waals surface area contributed by atoms with Crippen LogP contribution in [0.15, 0.2) is 0 Å². The summed E-state index contributed by atoms with van der Waals surface area (Å²) in [6.07, 6.45) is -0.353. The topological polar surface area (TPSA) is 12.5 Å². The van der Waals surface area contributed by atoms with Crippen LogP contribution >= 0.6 is 11.6 Å². The summed E-state index contributed by atoms with van der Waals surface area (Å²) in [4.78, 5) is 0. The lowest BCUT2D eigenvalue weighted by Crippen LogP contribution is -1.80. The zero-order valence-electron chi connectivity index (χ0n) is 4.57. The molecule has 0 saturated carbocycles. The van der Waals surface area contributed by atoms with Crippen molar-refractivity contribution in [1.29, 1.82) is 0 Å². The van der Waals surface area contributed by atoms with Crippen LogP contribution in [0.2, 0.25) is 0 Å². The van der Waals surface area contributed by atoms with Crippen LogP contribution in [-0.4, -0.2) is 18.5 Å². The lowest BCUT2D eigenvalue weighted by Gasteiger charge is -1.67. The van der Waals surface area contributed by atoms with Crippen LogP contribution in [0.3, 0.4) is 0 Å². The average molecular weight is 94.5 g/mol. The van der Waals surface area contributed by atoms with Crippen molar-refractivity contribution >= 4 is 11.6 Å². The van der Waals surface area contributed by atoms with Gasteiger partial charge in [-0.2, -0.15) is 0 Å². The highest BCUT2D eigenvalue weighted by atomic mass is 35.5. The van der Waals surface area contributed by atoms with Gasteiger partial charge in [-0.1, -0.05) is 0 Å². The quantitative estimate of drug-likeness (QED) is 0.343. The van der Waals surface area contributed by atoms with Crippen molar-refractivity contribution in [1.82, 2.24) is 0 Å². The molecule has 0 aromatic rings. The monoisotopic (exact) mass is 94.0 g/mol. The number of ether oxygens (including phenoxy) is 1. The maximum absolute atomic E-state index is 6.76. The predicted molar refractivity (Wildman–Crippen MR) is 20.5 cm³/mol. The molecule has 0 aromatic carbocycles. The molecule has 0 aliphatic carbocycles. The Morgan fingerprint density at radius 3 is 3.00 bits per heavy atom. The molecule has 0 N–H and O–H groups in total. The lowest BCUT2D eigenvalue weighted by atomic mass is 10.6. The first-order chi connectivity index (χ1) is 3.11. The second-order valence-corrected chi connectivity index (χ2v) is 1.15. The van der Waals surface area contributed by atoms with Gasteiger partial charge >= 0.3 is 0 Å². The lowest BCUT2D eigenvalue weighted by molar-refractivity contribution is 0.425. The van der Waals surface area contributed by atoms with Crippen LogP contribution in [-0.2, 0) is 4.74 Å². The van der Waals surface area contributed by atoms with E-state index < -0.39 is 5.83 Å². The first-order valence-corrected chi connectivity index (χ1v) is 1.79. The summed E-state index contributed by atoms with van der Waals surface area (Å²) >= 11 is 5.14. The van der Waals surface area contributed by atoms with Crippen LogP contribution in [0.5, 0.6) is 0 Å². The molecule has 1 aliphatic heterocycles. The third kappa shape index (κ3) is 0.781. The Morgan fingerprint density at radius 2 is 3.00 bits per heavy atom. The first-order valence-electron chi connectivity index (χ1n) is 2.41. The third-order valence-corrected chi connectivity index (χ3v) is 0.698. The summed E-state index contributed by atoms with van der Waals surface area (Å²) < 4.78 is 18.1. The van der Waals surface area contributed by atoms with Gasteiger partial charge in [-0.3, -0.25) is 0 Å². The first kappa shape index (κ1) is 1.80. The predicted octanol–water partition coefficient (Wildman–Crippen LogP) is 0.624. The molecule has 30 valence electrons. The Morgan fingerprint density at radius 1 is 2.40 bits per heavy atom. The van der Waals surface area contributed by atoms with Crippen LogP contribution in [0.1, 0.15) is 2.74 Å². The van der Waals surface area contributed by atoms with Gasteiger partial charge in [0.1, 0.15) is 0 Å². The van der Waals surface area contributed by atoms with E-state index in [0.717, 1.165) is 0 Å². The van der Waals surface area contributed by atoms with Crippen molar-refractivity contribution in [3.05, 3.63) is 0 Å². The van der Waals surface area contributed by atoms with E-state index in [-0.39, 0.29) is 6.10 Å². The summed E-state index contributed by atoms with van der Waals surface area (Å²) in [5, 5.41) is 0. The molecule has 0 aromatic heterocycles. The highest BCUT2D eigenvalue weighted by Crippen LogP contribution is 2.08. The minimum atomic E-state index is -1.64. The molecular weight excluding hydrogens is 87.5 g/mol. The smallest absolute Gasteiger partial charge is 0.0944 e. The zero-order valence-corrected chi connectivity index (χ0v) is 3.33. The number of alkyl halides is 1. The molecule has 5 heavy (non-hydrogen) atoms. The van der Waals surface area contributed by atoms with Gasteiger partial charge in [-0.15, -0.1) is 11.6 Å². The summed E-state index contributed by atoms with van der Waals surface area (Å²) in [7, 11) is 0. The van der Waals surface area contributed by atoms with Gasteiger partial charge in [-0.05, 0) is 0 Å². The van der Waals surface area contributed by atoms with Gasteiger partial charge in [0.25, 0.3) is 0 Å². The van der Waals surface area contributed by atoms with Gasteiger partial charge in [0.15, 0.2) is 0 Å². The summed E-state index contributed by atoms with van der Waals surface area (Å²) in [6.45, 7) is 0.469. The fourth-order valence-electron chi connectivity index (χ4n) is 0.111. The molecular formula is C3H5ClO. The highest BCUT2D eigenvalue weighted by molar-refractivity contribution is 6.18. The van der Waals surface area contributed by atoms with E-state index in [0.29, 0.717) is 6.61 Å². The number of rotatable bonds is 1. The molecule has 1 saturated heterocycles. The summed E-state index contributed by atoms with van der Waals surface area (Å²) in [5.74, 6) is -1.64. The van der Waals surface area contributed by atoms with E-state index >= 15 is 0 Å². The number of epoxide rings is 1. The molecule has 0 bridgehead atoms. The van der Waals surface area contributed by atoms with E-state index in [4.69, 9.17) is 14.3 Å². The minimum absolute atomic E-state index is 0.353. The number of halogens is 1. The van der Waals surface area contributed by atoms with Crippen molar-refractivity contribution in [3.63, 3.8) is 0 Å². The van der Waals surface area contributed by atoms with E-state index in [2.05, 4.69) is 4.74 Å². The van der Waals surface area contributed by atoms with E-state index in [1.807, 2.05) is 0 Å². The molecule has 0 radical (unpaired) electrons. The zero-order chi connectivity index (χ0) is 5.49. The Labute approximate surface area is 38.7 Å². The average Bonchev–Trinajstić information content (AvgIpc) is 1.99. The molecule has 1 aliphatic rings. The Kier molecular flexibility index (Phi) is 0.415. The molecule has 1 atom stereocenters. The molecule has 2 heteroatoms. The van der Waals surface area contributed by atoms with Crippen molar-refractivity contribution in [2.24, 2.45) is 0 Å².